The van der Waals surface area contributed by atoms with Gasteiger partial charge in [-0.25, -0.2) is 0 Å². The van der Waals surface area contributed by atoms with Crippen LogP contribution in [0, 0.1) is 11.3 Å². The molecule has 1 rings (SSSR count). The molecule has 0 aromatic heterocycles. The van der Waals surface area contributed by atoms with Crippen molar-refractivity contribution in [3.63, 3.8) is 0 Å². The summed E-state index contributed by atoms with van der Waals surface area (Å²) in [5.41, 5.74) is -0.153. The van der Waals surface area contributed by atoms with Crippen molar-refractivity contribution < 1.29 is 24.3 Å². The van der Waals surface area contributed by atoms with E-state index in [-0.39, 0.29) is 36.2 Å². The Morgan fingerprint density at radius 1 is 1.30 bits per heavy atom. The van der Waals surface area contributed by atoms with Gasteiger partial charge in [0.2, 0.25) is 0 Å². The third-order valence-corrected chi connectivity index (χ3v) is 4.80. The van der Waals surface area contributed by atoms with Crippen LogP contribution < -0.4 is 0 Å². The van der Waals surface area contributed by atoms with Crippen LogP contribution >= 0.6 is 0 Å². The average molecular weight is 331 g/mol. The fourth-order valence-electron chi connectivity index (χ4n) is 2.88. The van der Waals surface area contributed by atoms with Gasteiger partial charge in [0.25, 0.3) is 0 Å². The zero-order valence-corrected chi connectivity index (χ0v) is 15.5. The molecule has 0 spiro atoms. The van der Waals surface area contributed by atoms with Gasteiger partial charge in [-0.05, 0) is 39.5 Å². The third kappa shape index (κ3) is 5.41. The van der Waals surface area contributed by atoms with Gasteiger partial charge in [-0.15, -0.1) is 0 Å². The number of hydroxylamine groups is 2. The van der Waals surface area contributed by atoms with Crippen molar-refractivity contribution in [2.24, 2.45) is 11.3 Å². The molecule has 1 saturated heterocycles. The highest BCUT2D eigenvalue weighted by Gasteiger charge is 2.47. The monoisotopic (exact) mass is 331 g/mol. The fraction of sp³-hybridized carbons (Fsp3) is 0.941. The molecule has 0 aromatic rings. The van der Waals surface area contributed by atoms with E-state index in [1.807, 2.05) is 20.8 Å². The molecule has 4 atom stereocenters. The van der Waals surface area contributed by atoms with Gasteiger partial charge in [0.1, 0.15) is 18.8 Å². The Hall–Kier alpha value is -0.690. The van der Waals surface area contributed by atoms with Crippen LogP contribution in [0.2, 0.25) is 0 Å². The summed E-state index contributed by atoms with van der Waals surface area (Å²) in [6.45, 7) is 13.9. The van der Waals surface area contributed by atoms with Gasteiger partial charge in [0.05, 0.1) is 12.1 Å². The van der Waals surface area contributed by atoms with E-state index < -0.39 is 6.10 Å². The Morgan fingerprint density at radius 2 is 1.91 bits per heavy atom. The summed E-state index contributed by atoms with van der Waals surface area (Å²) < 4.78 is 4.87. The lowest BCUT2D eigenvalue weighted by molar-refractivity contribution is -0.337. The van der Waals surface area contributed by atoms with Crippen molar-refractivity contribution in [2.45, 2.75) is 85.7 Å². The molecule has 0 saturated carbocycles. The highest BCUT2D eigenvalue weighted by atomic mass is 17.0. The molecule has 136 valence electrons. The van der Waals surface area contributed by atoms with Crippen LogP contribution in [0.4, 0.5) is 0 Å². The summed E-state index contributed by atoms with van der Waals surface area (Å²) in [6.07, 6.45) is 0.533. The molecular formula is C17H33NO5. The Kier molecular flexibility index (Phi) is 7.45. The van der Waals surface area contributed by atoms with Gasteiger partial charge in [-0.2, -0.15) is 0 Å². The minimum Gasteiger partial charge on any atom is -0.463 e. The number of aliphatic hydroxyl groups excluding tert-OH is 1. The highest BCUT2D eigenvalue weighted by molar-refractivity contribution is 5.65. The van der Waals surface area contributed by atoms with Crippen LogP contribution in [-0.2, 0) is 19.2 Å². The Balaban J connectivity index is 2.70. The lowest BCUT2D eigenvalue weighted by Crippen LogP contribution is -2.43. The van der Waals surface area contributed by atoms with E-state index >= 15 is 0 Å². The van der Waals surface area contributed by atoms with Gasteiger partial charge in [0.15, 0.2) is 0 Å². The highest BCUT2D eigenvalue weighted by Crippen LogP contribution is 2.43. The number of ether oxygens (including phenoxy) is 1. The predicted octanol–water partition coefficient (Wildman–Crippen LogP) is 2.70. The second kappa shape index (κ2) is 8.42. The summed E-state index contributed by atoms with van der Waals surface area (Å²) in [4.78, 5) is 22.7. The number of aliphatic hydroxyl groups is 1. The molecule has 0 unspecified atom stereocenters. The topological polar surface area (TPSA) is 68.2 Å². The van der Waals surface area contributed by atoms with E-state index in [9.17, 15) is 9.90 Å². The maximum absolute atomic E-state index is 10.8. The fourth-order valence-corrected chi connectivity index (χ4v) is 2.88. The number of hydrogen-bond donors (Lipinski definition) is 1. The molecule has 1 aliphatic rings. The van der Waals surface area contributed by atoms with E-state index in [1.54, 1.807) is 5.23 Å². The quantitative estimate of drug-likeness (QED) is 0.690. The smallest absolute Gasteiger partial charge is 0.302 e. The first-order valence-electron chi connectivity index (χ1n) is 8.52. The normalized spacial score (nSPS) is 26.5. The van der Waals surface area contributed by atoms with Crippen LogP contribution in [0.1, 0.15) is 61.3 Å². The standard InChI is InChI=1S/C17H33NO5/c1-11(2)17(7,9-8-15(20)10-21-14(6)19)16-13(5)22-18(23-16)12(3)4/h11-13,15-16,20H,8-10H2,1-7H3/t13-,15-,16-,17-/m1/s1. The number of esters is 1. The summed E-state index contributed by atoms with van der Waals surface area (Å²) in [7, 11) is 0. The van der Waals surface area contributed by atoms with Crippen molar-refractivity contribution >= 4 is 5.97 Å². The molecule has 1 N–H and O–H groups in total. The number of carbonyl (C=O) groups excluding carboxylic acids is 1. The van der Waals surface area contributed by atoms with E-state index in [2.05, 4.69) is 20.8 Å². The van der Waals surface area contributed by atoms with Crippen LogP contribution in [-0.4, -0.2) is 47.3 Å². The van der Waals surface area contributed by atoms with Gasteiger partial charge in [-0.1, -0.05) is 26.0 Å². The minimum atomic E-state index is -0.657. The van der Waals surface area contributed by atoms with E-state index in [1.165, 1.54) is 6.92 Å². The van der Waals surface area contributed by atoms with Crippen LogP contribution in [0.25, 0.3) is 0 Å². The van der Waals surface area contributed by atoms with E-state index in [0.717, 1.165) is 6.42 Å². The van der Waals surface area contributed by atoms with E-state index in [4.69, 9.17) is 14.4 Å². The molecular weight excluding hydrogens is 298 g/mol. The molecule has 1 aliphatic heterocycles. The maximum atomic E-state index is 10.8. The van der Waals surface area contributed by atoms with E-state index in [0.29, 0.717) is 12.3 Å². The molecule has 0 bridgehead atoms. The molecule has 1 heterocycles. The van der Waals surface area contributed by atoms with Gasteiger partial charge in [0, 0.05) is 12.3 Å². The summed E-state index contributed by atoms with van der Waals surface area (Å²) in [6, 6.07) is 0.147. The van der Waals surface area contributed by atoms with Gasteiger partial charge in [-0.3, -0.25) is 14.5 Å². The van der Waals surface area contributed by atoms with Crippen molar-refractivity contribution in [2.75, 3.05) is 6.61 Å². The van der Waals surface area contributed by atoms with Crippen molar-refractivity contribution in [1.29, 1.82) is 0 Å². The average Bonchev–Trinajstić information content (AvgIpc) is 2.85. The Bertz CT molecular complexity index is 387. The predicted molar refractivity (Wildman–Crippen MR) is 87.2 cm³/mol. The largest absolute Gasteiger partial charge is 0.463 e. The minimum absolute atomic E-state index is 0.0409. The lowest BCUT2D eigenvalue weighted by atomic mass is 9.69. The SMILES string of the molecule is CC(=O)OC[C@H](O)CC[C@](C)(C(C)C)[C@@H]1ON(C(C)C)O[C@@H]1C. The maximum Gasteiger partial charge on any atom is 0.302 e. The molecule has 1 fully saturated rings. The first-order chi connectivity index (χ1) is 10.6. The second-order valence-corrected chi connectivity index (χ2v) is 7.37. The summed E-state index contributed by atoms with van der Waals surface area (Å²) in [5, 5.41) is 11.6. The first-order valence-corrected chi connectivity index (χ1v) is 8.52. The molecule has 0 amide bonds. The molecule has 23 heavy (non-hydrogen) atoms. The van der Waals surface area contributed by atoms with Crippen LogP contribution in [0.15, 0.2) is 0 Å². The molecule has 0 aromatic carbocycles. The van der Waals surface area contributed by atoms with Crippen molar-refractivity contribution in [1.82, 2.24) is 5.23 Å². The number of hydrogen-bond acceptors (Lipinski definition) is 6. The van der Waals surface area contributed by atoms with Gasteiger partial charge < -0.3 is 9.84 Å². The zero-order valence-electron chi connectivity index (χ0n) is 15.5. The Morgan fingerprint density at radius 3 is 2.35 bits per heavy atom. The van der Waals surface area contributed by atoms with Gasteiger partial charge >= 0.3 is 5.97 Å². The number of rotatable bonds is 8. The second-order valence-electron chi connectivity index (χ2n) is 7.37. The Labute approximate surface area is 140 Å². The number of nitrogens with zero attached hydrogens (tertiary/aromatic N) is 1. The zero-order chi connectivity index (χ0) is 17.8. The van der Waals surface area contributed by atoms with Crippen LogP contribution in [0.3, 0.4) is 0 Å². The number of carbonyl (C=O) groups is 1. The molecule has 0 aliphatic carbocycles. The lowest BCUT2D eigenvalue weighted by Gasteiger charge is -2.39. The van der Waals surface area contributed by atoms with Crippen molar-refractivity contribution in [3.8, 4) is 0 Å². The first kappa shape index (κ1) is 20.4. The summed E-state index contributed by atoms with van der Waals surface area (Å²) in [5.74, 6) is -0.0176. The molecule has 6 nitrogen and oxygen atoms in total. The molecule has 0 radical (unpaired) electrons. The van der Waals surface area contributed by atoms with Crippen molar-refractivity contribution in [3.05, 3.63) is 0 Å². The summed E-state index contributed by atoms with van der Waals surface area (Å²) >= 11 is 0. The third-order valence-electron chi connectivity index (χ3n) is 4.80. The van der Waals surface area contributed by atoms with Crippen LogP contribution in [0.5, 0.6) is 0 Å². The molecule has 6 heteroatoms.